The lowest BCUT2D eigenvalue weighted by Crippen LogP contribution is -2.29. The minimum Gasteiger partial charge on any atom is -0.496 e. The van der Waals surface area contributed by atoms with E-state index in [9.17, 15) is 4.79 Å². The highest BCUT2D eigenvalue weighted by Gasteiger charge is 2.25. The van der Waals surface area contributed by atoms with Gasteiger partial charge in [-0.15, -0.1) is 0 Å². The molecule has 1 fully saturated rings. The van der Waals surface area contributed by atoms with Crippen LogP contribution in [0.25, 0.3) is 0 Å². The van der Waals surface area contributed by atoms with E-state index in [4.69, 9.17) is 10.5 Å². The van der Waals surface area contributed by atoms with Gasteiger partial charge < -0.3 is 15.8 Å². The predicted octanol–water partition coefficient (Wildman–Crippen LogP) is 1.41. The molecule has 0 heterocycles. The van der Waals surface area contributed by atoms with E-state index in [2.05, 4.69) is 5.32 Å². The van der Waals surface area contributed by atoms with Gasteiger partial charge in [0, 0.05) is 18.4 Å². The van der Waals surface area contributed by atoms with E-state index in [1.807, 2.05) is 24.3 Å². The Hall–Kier alpha value is -1.55. The van der Waals surface area contributed by atoms with Crippen molar-refractivity contribution in [2.24, 2.45) is 5.73 Å². The fourth-order valence-corrected chi connectivity index (χ4v) is 2.06. The maximum Gasteiger partial charge on any atom is 0.220 e. The van der Waals surface area contributed by atoms with Crippen LogP contribution in [0, 0.1) is 0 Å². The number of nitrogens with one attached hydrogen (secondary N) is 1. The summed E-state index contributed by atoms with van der Waals surface area (Å²) in [7, 11) is 1.64. The summed E-state index contributed by atoms with van der Waals surface area (Å²) in [4.78, 5) is 11.8. The van der Waals surface area contributed by atoms with Crippen LogP contribution >= 0.6 is 0 Å². The van der Waals surface area contributed by atoms with Gasteiger partial charge in [-0.25, -0.2) is 0 Å². The molecule has 1 aliphatic rings. The minimum absolute atomic E-state index is 0.0138. The molecule has 0 radical (unpaired) electrons. The third-order valence-electron chi connectivity index (χ3n) is 3.24. The molecule has 0 spiro atoms. The lowest BCUT2D eigenvalue weighted by atomic mass is 9.94. The summed E-state index contributed by atoms with van der Waals surface area (Å²) in [6, 6.07) is 8.13. The molecule has 98 valence electrons. The van der Waals surface area contributed by atoms with E-state index in [0.717, 1.165) is 24.2 Å². The Balaban J connectivity index is 2.04. The van der Waals surface area contributed by atoms with Crippen molar-refractivity contribution >= 4 is 5.91 Å². The number of nitrogens with two attached hydrogens (primary N) is 1. The molecule has 0 aliphatic heterocycles. The van der Waals surface area contributed by atoms with Gasteiger partial charge >= 0.3 is 0 Å². The first-order valence-corrected chi connectivity index (χ1v) is 6.37. The van der Waals surface area contributed by atoms with Crippen LogP contribution in [0.2, 0.25) is 0 Å². The van der Waals surface area contributed by atoms with Crippen LogP contribution in [0.4, 0.5) is 0 Å². The number of benzene rings is 1. The van der Waals surface area contributed by atoms with Gasteiger partial charge in [-0.2, -0.15) is 0 Å². The summed E-state index contributed by atoms with van der Waals surface area (Å²) in [5.41, 5.74) is 6.80. The van der Waals surface area contributed by atoms with Crippen LogP contribution < -0.4 is 15.8 Å². The molecular formula is C14H20N2O2. The first-order valence-electron chi connectivity index (χ1n) is 6.37. The van der Waals surface area contributed by atoms with Crippen LogP contribution in [-0.4, -0.2) is 25.6 Å². The fourth-order valence-electron chi connectivity index (χ4n) is 2.06. The zero-order chi connectivity index (χ0) is 13.0. The Bertz CT molecular complexity index is 416. The maximum atomic E-state index is 11.8. The van der Waals surface area contributed by atoms with E-state index in [-0.39, 0.29) is 11.8 Å². The van der Waals surface area contributed by atoms with Gasteiger partial charge in [0.15, 0.2) is 0 Å². The highest BCUT2D eigenvalue weighted by atomic mass is 16.5. The second-order valence-electron chi connectivity index (χ2n) is 4.72. The van der Waals surface area contributed by atoms with Crippen molar-refractivity contribution in [2.75, 3.05) is 13.7 Å². The fraction of sp³-hybridized carbons (Fsp3) is 0.500. The van der Waals surface area contributed by atoms with Crippen molar-refractivity contribution in [1.82, 2.24) is 5.32 Å². The van der Waals surface area contributed by atoms with E-state index in [0.29, 0.717) is 19.0 Å². The smallest absolute Gasteiger partial charge is 0.220 e. The zero-order valence-corrected chi connectivity index (χ0v) is 10.7. The summed E-state index contributed by atoms with van der Waals surface area (Å²) in [5.74, 6) is 0.894. The SMILES string of the molecule is COc1ccccc1C(CN)CC(=O)NC1CC1. The van der Waals surface area contributed by atoms with Gasteiger partial charge in [0.1, 0.15) is 5.75 Å². The molecule has 0 bridgehead atoms. The van der Waals surface area contributed by atoms with Crippen molar-refractivity contribution in [3.63, 3.8) is 0 Å². The second kappa shape index (κ2) is 5.87. The summed E-state index contributed by atoms with van der Waals surface area (Å²) >= 11 is 0. The van der Waals surface area contributed by atoms with Crippen molar-refractivity contribution in [2.45, 2.75) is 31.2 Å². The average molecular weight is 248 g/mol. The van der Waals surface area contributed by atoms with Crippen molar-refractivity contribution in [1.29, 1.82) is 0 Å². The van der Waals surface area contributed by atoms with Gasteiger partial charge in [-0.3, -0.25) is 4.79 Å². The van der Waals surface area contributed by atoms with Crippen LogP contribution in [-0.2, 0) is 4.79 Å². The summed E-state index contributed by atoms with van der Waals surface area (Å²) in [6.07, 6.45) is 2.63. The van der Waals surface area contributed by atoms with Crippen molar-refractivity contribution in [3.05, 3.63) is 29.8 Å². The van der Waals surface area contributed by atoms with Gasteiger partial charge in [0.05, 0.1) is 7.11 Å². The average Bonchev–Trinajstić information content (AvgIpc) is 3.19. The lowest BCUT2D eigenvalue weighted by Gasteiger charge is -2.17. The first kappa shape index (κ1) is 12.9. The Morgan fingerprint density at radius 2 is 2.22 bits per heavy atom. The summed E-state index contributed by atoms with van der Waals surface area (Å²) in [5, 5.41) is 2.99. The number of carbonyl (C=O) groups is 1. The van der Waals surface area contributed by atoms with Crippen molar-refractivity contribution in [3.8, 4) is 5.75 Å². The number of rotatable bonds is 6. The van der Waals surface area contributed by atoms with Crippen LogP contribution in [0.3, 0.4) is 0 Å². The Kier molecular flexibility index (Phi) is 4.20. The van der Waals surface area contributed by atoms with E-state index in [1.165, 1.54) is 0 Å². The molecule has 1 saturated carbocycles. The maximum absolute atomic E-state index is 11.8. The summed E-state index contributed by atoms with van der Waals surface area (Å²) < 4.78 is 5.32. The first-order chi connectivity index (χ1) is 8.74. The predicted molar refractivity (Wildman–Crippen MR) is 70.6 cm³/mol. The molecule has 0 aromatic heterocycles. The van der Waals surface area contributed by atoms with Crippen LogP contribution in [0.5, 0.6) is 5.75 Å². The standard InChI is InChI=1S/C14H20N2O2/c1-18-13-5-3-2-4-12(13)10(9-15)8-14(17)16-11-6-7-11/h2-5,10-11H,6-9,15H2,1H3,(H,16,17). The molecule has 1 unspecified atom stereocenters. The molecule has 2 rings (SSSR count). The monoisotopic (exact) mass is 248 g/mol. The summed E-state index contributed by atoms with van der Waals surface area (Å²) in [6.45, 7) is 0.443. The number of para-hydroxylation sites is 1. The van der Waals surface area contributed by atoms with Gasteiger partial charge in [0.2, 0.25) is 5.91 Å². The Morgan fingerprint density at radius 3 is 2.83 bits per heavy atom. The highest BCUT2D eigenvalue weighted by molar-refractivity contribution is 5.77. The number of hydrogen-bond acceptors (Lipinski definition) is 3. The molecule has 4 nitrogen and oxygen atoms in total. The molecule has 1 aromatic carbocycles. The number of carbonyl (C=O) groups excluding carboxylic acids is 1. The van der Waals surface area contributed by atoms with E-state index in [1.54, 1.807) is 7.11 Å². The number of hydrogen-bond donors (Lipinski definition) is 2. The van der Waals surface area contributed by atoms with Gasteiger partial charge in [-0.05, 0) is 31.0 Å². The highest BCUT2D eigenvalue weighted by Crippen LogP contribution is 2.28. The Labute approximate surface area is 108 Å². The normalized spacial score (nSPS) is 16.1. The number of methoxy groups -OCH3 is 1. The molecule has 3 N–H and O–H groups in total. The number of amides is 1. The van der Waals surface area contributed by atoms with Gasteiger partial charge in [0.25, 0.3) is 0 Å². The Morgan fingerprint density at radius 1 is 1.50 bits per heavy atom. The molecule has 18 heavy (non-hydrogen) atoms. The molecule has 0 saturated heterocycles. The molecular weight excluding hydrogens is 228 g/mol. The molecule has 4 heteroatoms. The van der Waals surface area contributed by atoms with Gasteiger partial charge in [-0.1, -0.05) is 18.2 Å². The van der Waals surface area contributed by atoms with Crippen molar-refractivity contribution < 1.29 is 9.53 Å². The van der Waals surface area contributed by atoms with E-state index >= 15 is 0 Å². The number of ether oxygens (including phenoxy) is 1. The largest absolute Gasteiger partial charge is 0.496 e. The molecule has 1 amide bonds. The topological polar surface area (TPSA) is 64.3 Å². The minimum atomic E-state index is 0.0138. The second-order valence-corrected chi connectivity index (χ2v) is 4.72. The molecule has 1 aromatic rings. The third-order valence-corrected chi connectivity index (χ3v) is 3.24. The molecule has 1 aliphatic carbocycles. The lowest BCUT2D eigenvalue weighted by molar-refractivity contribution is -0.121. The third kappa shape index (κ3) is 3.23. The molecule has 1 atom stereocenters. The zero-order valence-electron chi connectivity index (χ0n) is 10.7. The quantitative estimate of drug-likeness (QED) is 0.800. The van der Waals surface area contributed by atoms with E-state index < -0.39 is 0 Å². The van der Waals surface area contributed by atoms with Crippen LogP contribution in [0.1, 0.15) is 30.7 Å². The van der Waals surface area contributed by atoms with Crippen LogP contribution in [0.15, 0.2) is 24.3 Å².